The summed E-state index contributed by atoms with van der Waals surface area (Å²) in [6, 6.07) is 13.3. The van der Waals surface area contributed by atoms with Gasteiger partial charge in [-0.25, -0.2) is 8.42 Å². The summed E-state index contributed by atoms with van der Waals surface area (Å²) in [5.74, 6) is 0.301. The summed E-state index contributed by atoms with van der Waals surface area (Å²) in [6.07, 6.45) is 5.44. The maximum atomic E-state index is 13.3. The maximum absolute atomic E-state index is 13.3. The first-order valence-electron chi connectivity index (χ1n) is 13.9. The molecule has 0 aliphatic carbocycles. The number of nitrogens with one attached hydrogen (secondary N) is 1. The van der Waals surface area contributed by atoms with Crippen LogP contribution in [-0.2, 0) is 19.6 Å². The van der Waals surface area contributed by atoms with E-state index in [0.29, 0.717) is 25.1 Å². The number of likely N-dealkylation sites (tertiary alicyclic amines) is 3. The lowest BCUT2D eigenvalue weighted by molar-refractivity contribution is -0.143. The number of rotatable bonds is 9. The number of methoxy groups -OCH3 is 1. The van der Waals surface area contributed by atoms with Gasteiger partial charge in [-0.15, -0.1) is 0 Å². The first-order valence-corrected chi connectivity index (χ1v) is 15.4. The summed E-state index contributed by atoms with van der Waals surface area (Å²) in [4.78, 5) is 32.5. The molecule has 0 radical (unpaired) electrons. The first-order chi connectivity index (χ1) is 18.8. The van der Waals surface area contributed by atoms with Crippen molar-refractivity contribution >= 4 is 21.8 Å². The molecule has 2 unspecified atom stereocenters. The van der Waals surface area contributed by atoms with Crippen LogP contribution in [0.5, 0.6) is 5.75 Å². The SMILES string of the molecule is COc1cccc(-c2cccc(S(=O)(=O)NC3CCCN(CC(=O)N4CCCC4CN4CCCC4)C3=O)c2)c1. The number of carbonyl (C=O) groups excluding carboxylic acids is 2. The van der Waals surface area contributed by atoms with E-state index in [1.807, 2.05) is 35.2 Å². The average molecular weight is 555 g/mol. The molecule has 39 heavy (non-hydrogen) atoms. The maximum Gasteiger partial charge on any atom is 0.242 e. The Labute approximate surface area is 231 Å². The second kappa shape index (κ2) is 12.1. The molecular formula is C29H38N4O5S. The summed E-state index contributed by atoms with van der Waals surface area (Å²) in [5.41, 5.74) is 1.56. The van der Waals surface area contributed by atoms with Crippen LogP contribution in [0.15, 0.2) is 53.4 Å². The first kappa shape index (κ1) is 27.6. The van der Waals surface area contributed by atoms with Gasteiger partial charge in [0.1, 0.15) is 11.8 Å². The van der Waals surface area contributed by atoms with Crippen LogP contribution in [0.2, 0.25) is 0 Å². The number of ether oxygens (including phenoxy) is 1. The number of piperidine rings is 1. The summed E-state index contributed by atoms with van der Waals surface area (Å²) >= 11 is 0. The summed E-state index contributed by atoms with van der Waals surface area (Å²) in [5, 5.41) is 0. The molecule has 3 saturated heterocycles. The van der Waals surface area contributed by atoms with Gasteiger partial charge in [0, 0.05) is 25.7 Å². The summed E-state index contributed by atoms with van der Waals surface area (Å²) in [7, 11) is -2.38. The van der Waals surface area contributed by atoms with E-state index in [4.69, 9.17) is 4.74 Å². The standard InChI is InChI=1S/C29H38N4O5S/c1-38-25-11-4-8-22(18-25)23-9-5-12-26(19-23)39(36,37)30-27-13-7-16-32(29(27)35)21-28(34)33-17-6-10-24(33)20-31-14-2-3-15-31/h4-5,8-9,11-12,18-19,24,27,30H,2-3,6-7,10,13-17,20-21H2,1H3. The van der Waals surface area contributed by atoms with E-state index >= 15 is 0 Å². The van der Waals surface area contributed by atoms with Gasteiger partial charge in [0.2, 0.25) is 21.8 Å². The van der Waals surface area contributed by atoms with E-state index in [2.05, 4.69) is 9.62 Å². The predicted molar refractivity (Wildman–Crippen MR) is 149 cm³/mol. The van der Waals surface area contributed by atoms with E-state index < -0.39 is 16.1 Å². The Morgan fingerprint density at radius 3 is 2.44 bits per heavy atom. The molecule has 3 aliphatic heterocycles. The van der Waals surface area contributed by atoms with Crippen molar-refractivity contribution in [2.45, 2.75) is 55.5 Å². The third-order valence-corrected chi connectivity index (χ3v) is 9.54. The van der Waals surface area contributed by atoms with Crippen LogP contribution in [0, 0.1) is 0 Å². The van der Waals surface area contributed by atoms with Crippen molar-refractivity contribution in [3.05, 3.63) is 48.5 Å². The fourth-order valence-electron chi connectivity index (χ4n) is 5.98. The van der Waals surface area contributed by atoms with Gasteiger partial charge in [0.15, 0.2) is 0 Å². The molecule has 2 aromatic rings. The number of carbonyl (C=O) groups is 2. The second-order valence-electron chi connectivity index (χ2n) is 10.7. The van der Waals surface area contributed by atoms with Crippen LogP contribution in [0.1, 0.15) is 38.5 Å². The molecule has 1 N–H and O–H groups in total. The normalized spacial score (nSPS) is 22.4. The molecule has 0 saturated carbocycles. The predicted octanol–water partition coefficient (Wildman–Crippen LogP) is 2.72. The van der Waals surface area contributed by atoms with Gasteiger partial charge in [-0.3, -0.25) is 9.59 Å². The minimum atomic E-state index is -3.96. The van der Waals surface area contributed by atoms with Crippen molar-refractivity contribution in [1.29, 1.82) is 0 Å². The highest BCUT2D eigenvalue weighted by molar-refractivity contribution is 7.89. The molecule has 3 fully saturated rings. The minimum Gasteiger partial charge on any atom is -0.497 e. The number of sulfonamides is 1. The molecule has 0 spiro atoms. The molecule has 5 rings (SSSR count). The molecule has 2 amide bonds. The quantitative estimate of drug-likeness (QED) is 0.512. The second-order valence-corrected chi connectivity index (χ2v) is 12.4. The van der Waals surface area contributed by atoms with Crippen molar-refractivity contribution in [2.75, 3.05) is 46.4 Å². The number of benzene rings is 2. The van der Waals surface area contributed by atoms with Gasteiger partial charge in [0.05, 0.1) is 18.6 Å². The van der Waals surface area contributed by atoms with Gasteiger partial charge < -0.3 is 19.4 Å². The van der Waals surface area contributed by atoms with E-state index in [0.717, 1.165) is 50.1 Å². The highest BCUT2D eigenvalue weighted by Crippen LogP contribution is 2.27. The molecule has 3 aliphatic rings. The smallest absolute Gasteiger partial charge is 0.242 e. The monoisotopic (exact) mass is 554 g/mol. The zero-order valence-electron chi connectivity index (χ0n) is 22.5. The van der Waals surface area contributed by atoms with Gasteiger partial charge >= 0.3 is 0 Å². The summed E-state index contributed by atoms with van der Waals surface area (Å²) in [6.45, 7) is 4.26. The molecule has 0 bridgehead atoms. The Balaban J connectivity index is 1.23. The Bertz CT molecular complexity index is 1290. The van der Waals surface area contributed by atoms with Crippen LogP contribution in [0.3, 0.4) is 0 Å². The molecule has 0 aromatic heterocycles. The molecule has 210 valence electrons. The molecule has 2 aromatic carbocycles. The van der Waals surface area contributed by atoms with Crippen LogP contribution in [-0.4, -0.2) is 93.4 Å². The van der Waals surface area contributed by atoms with Gasteiger partial charge in [0.25, 0.3) is 0 Å². The van der Waals surface area contributed by atoms with E-state index in [9.17, 15) is 18.0 Å². The van der Waals surface area contributed by atoms with Crippen molar-refractivity contribution in [1.82, 2.24) is 19.4 Å². The zero-order valence-corrected chi connectivity index (χ0v) is 23.4. The highest BCUT2D eigenvalue weighted by atomic mass is 32.2. The van der Waals surface area contributed by atoms with Gasteiger partial charge in [-0.05, 0) is 87.0 Å². The third kappa shape index (κ3) is 6.45. The van der Waals surface area contributed by atoms with Crippen LogP contribution in [0.4, 0.5) is 0 Å². The van der Waals surface area contributed by atoms with Crippen LogP contribution < -0.4 is 9.46 Å². The lowest BCUT2D eigenvalue weighted by Gasteiger charge is -2.34. The zero-order chi connectivity index (χ0) is 27.4. The van der Waals surface area contributed by atoms with Crippen molar-refractivity contribution in [3.63, 3.8) is 0 Å². The Kier molecular flexibility index (Phi) is 8.54. The van der Waals surface area contributed by atoms with Crippen molar-refractivity contribution < 1.29 is 22.7 Å². The topological polar surface area (TPSA) is 99.3 Å². The Hall–Kier alpha value is -2.95. The van der Waals surface area contributed by atoms with Crippen molar-refractivity contribution in [3.8, 4) is 16.9 Å². The lowest BCUT2D eigenvalue weighted by Crippen LogP contribution is -2.55. The molecule has 10 heteroatoms. The minimum absolute atomic E-state index is 0.00110. The number of nitrogens with zero attached hydrogens (tertiary/aromatic N) is 3. The van der Waals surface area contributed by atoms with Gasteiger partial charge in [-0.2, -0.15) is 4.72 Å². The van der Waals surface area contributed by atoms with Gasteiger partial charge in [-0.1, -0.05) is 24.3 Å². The Morgan fingerprint density at radius 1 is 0.949 bits per heavy atom. The molecule has 2 atom stereocenters. The van der Waals surface area contributed by atoms with E-state index in [1.165, 1.54) is 23.8 Å². The number of hydrogen-bond acceptors (Lipinski definition) is 6. The number of amides is 2. The average Bonchev–Trinajstić information content (AvgIpc) is 3.64. The largest absolute Gasteiger partial charge is 0.497 e. The van der Waals surface area contributed by atoms with Crippen molar-refractivity contribution in [2.24, 2.45) is 0 Å². The Morgan fingerprint density at radius 2 is 1.67 bits per heavy atom. The van der Waals surface area contributed by atoms with Crippen LogP contribution >= 0.6 is 0 Å². The van der Waals surface area contributed by atoms with Crippen LogP contribution in [0.25, 0.3) is 11.1 Å². The third-order valence-electron chi connectivity index (χ3n) is 8.07. The number of hydrogen-bond donors (Lipinski definition) is 1. The van der Waals surface area contributed by atoms with E-state index in [1.54, 1.807) is 19.2 Å². The molecule has 3 heterocycles. The molecule has 9 nitrogen and oxygen atoms in total. The van der Waals surface area contributed by atoms with E-state index in [-0.39, 0.29) is 29.3 Å². The molecular weight excluding hydrogens is 516 g/mol. The fourth-order valence-corrected chi connectivity index (χ4v) is 7.25. The lowest BCUT2D eigenvalue weighted by atomic mass is 10.1. The summed E-state index contributed by atoms with van der Waals surface area (Å²) < 4.78 is 34.5. The highest BCUT2D eigenvalue weighted by Gasteiger charge is 2.36. The fraction of sp³-hybridized carbons (Fsp3) is 0.517.